The molecule has 2 aromatic carbocycles. The Labute approximate surface area is 132 Å². The molecule has 0 radical (unpaired) electrons. The third-order valence-corrected chi connectivity index (χ3v) is 4.30. The highest BCUT2D eigenvalue weighted by molar-refractivity contribution is 14.1. The van der Waals surface area contributed by atoms with Crippen molar-refractivity contribution in [2.24, 2.45) is 5.92 Å². The van der Waals surface area contributed by atoms with Gasteiger partial charge in [0.15, 0.2) is 0 Å². The number of rotatable bonds is 4. The predicted octanol–water partition coefficient (Wildman–Crippen LogP) is 4.17. The summed E-state index contributed by atoms with van der Waals surface area (Å²) < 4.78 is 1.08. The Morgan fingerprint density at radius 1 is 1.10 bits per heavy atom. The van der Waals surface area contributed by atoms with Crippen LogP contribution in [0.4, 0.5) is 0 Å². The van der Waals surface area contributed by atoms with E-state index in [-0.39, 0.29) is 11.9 Å². The minimum absolute atomic E-state index is 0.0178. The van der Waals surface area contributed by atoms with Crippen molar-refractivity contribution in [3.63, 3.8) is 0 Å². The molecule has 2 aromatic rings. The second-order valence-electron chi connectivity index (χ2n) is 5.21. The van der Waals surface area contributed by atoms with Crippen molar-refractivity contribution >= 4 is 28.5 Å². The van der Waals surface area contributed by atoms with E-state index in [9.17, 15) is 4.79 Å². The van der Waals surface area contributed by atoms with Gasteiger partial charge in [-0.3, -0.25) is 4.79 Å². The summed E-state index contributed by atoms with van der Waals surface area (Å²) in [5, 5.41) is 3.20. The molecule has 1 saturated carbocycles. The van der Waals surface area contributed by atoms with E-state index in [0.717, 1.165) is 9.13 Å². The molecule has 3 rings (SSSR count). The van der Waals surface area contributed by atoms with Crippen LogP contribution in [0.25, 0.3) is 0 Å². The van der Waals surface area contributed by atoms with Gasteiger partial charge in [-0.15, -0.1) is 0 Å². The maximum absolute atomic E-state index is 12.4. The summed E-state index contributed by atoms with van der Waals surface area (Å²) in [6.45, 7) is 0. The molecule has 0 bridgehead atoms. The SMILES string of the molecule is O=C(N[C@H](c1ccccc1)C1CC1)c1cccc(I)c1. The number of carbonyl (C=O) groups is 1. The molecular formula is C17H16INO. The molecule has 0 spiro atoms. The number of nitrogens with one attached hydrogen (secondary N) is 1. The lowest BCUT2D eigenvalue weighted by atomic mass is 10.0. The molecule has 1 N–H and O–H groups in total. The minimum Gasteiger partial charge on any atom is -0.345 e. The molecule has 1 fully saturated rings. The molecule has 102 valence electrons. The lowest BCUT2D eigenvalue weighted by Crippen LogP contribution is -2.29. The summed E-state index contributed by atoms with van der Waals surface area (Å²) in [7, 11) is 0. The zero-order valence-electron chi connectivity index (χ0n) is 11.1. The number of hydrogen-bond acceptors (Lipinski definition) is 1. The first-order chi connectivity index (χ1) is 9.74. The normalized spacial score (nSPS) is 15.7. The van der Waals surface area contributed by atoms with E-state index in [1.54, 1.807) is 0 Å². The number of amides is 1. The van der Waals surface area contributed by atoms with Crippen molar-refractivity contribution in [1.29, 1.82) is 0 Å². The average molecular weight is 377 g/mol. The molecule has 0 unspecified atom stereocenters. The summed E-state index contributed by atoms with van der Waals surface area (Å²) in [5.74, 6) is 0.605. The Balaban J connectivity index is 1.79. The van der Waals surface area contributed by atoms with Crippen LogP contribution in [-0.2, 0) is 0 Å². The van der Waals surface area contributed by atoms with Crippen LogP contribution in [0.15, 0.2) is 54.6 Å². The molecule has 0 aliphatic heterocycles. The van der Waals surface area contributed by atoms with E-state index in [0.29, 0.717) is 5.92 Å². The van der Waals surface area contributed by atoms with Crippen LogP contribution < -0.4 is 5.32 Å². The van der Waals surface area contributed by atoms with Gasteiger partial charge in [-0.2, -0.15) is 0 Å². The van der Waals surface area contributed by atoms with Gasteiger partial charge in [0.1, 0.15) is 0 Å². The van der Waals surface area contributed by atoms with E-state index < -0.39 is 0 Å². The number of benzene rings is 2. The summed E-state index contributed by atoms with van der Waals surface area (Å²) in [6, 6.07) is 18.1. The van der Waals surface area contributed by atoms with Crippen LogP contribution in [0.2, 0.25) is 0 Å². The number of halogens is 1. The van der Waals surface area contributed by atoms with Gasteiger partial charge in [-0.25, -0.2) is 0 Å². The lowest BCUT2D eigenvalue weighted by Gasteiger charge is -2.19. The summed E-state index contributed by atoms with van der Waals surface area (Å²) in [6.07, 6.45) is 2.40. The molecular weight excluding hydrogens is 361 g/mol. The van der Waals surface area contributed by atoms with Crippen LogP contribution in [0.5, 0.6) is 0 Å². The van der Waals surface area contributed by atoms with Gasteiger partial charge < -0.3 is 5.32 Å². The lowest BCUT2D eigenvalue weighted by molar-refractivity contribution is 0.0931. The second-order valence-corrected chi connectivity index (χ2v) is 6.46. The van der Waals surface area contributed by atoms with Crippen LogP contribution in [-0.4, -0.2) is 5.91 Å². The molecule has 20 heavy (non-hydrogen) atoms. The summed E-state index contributed by atoms with van der Waals surface area (Å²) in [4.78, 5) is 12.4. The van der Waals surface area contributed by atoms with Gasteiger partial charge in [-0.05, 0) is 65.1 Å². The highest BCUT2D eigenvalue weighted by Gasteiger charge is 2.33. The Morgan fingerprint density at radius 3 is 2.50 bits per heavy atom. The van der Waals surface area contributed by atoms with Gasteiger partial charge >= 0.3 is 0 Å². The van der Waals surface area contributed by atoms with E-state index in [1.807, 2.05) is 42.5 Å². The third-order valence-electron chi connectivity index (χ3n) is 3.63. The van der Waals surface area contributed by atoms with Crippen LogP contribution in [0.3, 0.4) is 0 Å². The molecule has 1 amide bonds. The van der Waals surface area contributed by atoms with E-state index in [4.69, 9.17) is 0 Å². The highest BCUT2D eigenvalue weighted by Crippen LogP contribution is 2.41. The van der Waals surface area contributed by atoms with Crippen LogP contribution >= 0.6 is 22.6 Å². The molecule has 1 atom stereocenters. The zero-order valence-corrected chi connectivity index (χ0v) is 13.2. The molecule has 1 aliphatic rings. The van der Waals surface area contributed by atoms with Crippen molar-refractivity contribution in [2.45, 2.75) is 18.9 Å². The van der Waals surface area contributed by atoms with Crippen LogP contribution in [0, 0.1) is 9.49 Å². The average Bonchev–Trinajstić information content (AvgIpc) is 3.30. The Hall–Kier alpha value is -1.36. The molecule has 0 aromatic heterocycles. The van der Waals surface area contributed by atoms with E-state index >= 15 is 0 Å². The maximum atomic E-state index is 12.4. The Bertz CT molecular complexity index is 607. The maximum Gasteiger partial charge on any atom is 0.251 e. The molecule has 0 heterocycles. The van der Waals surface area contributed by atoms with Crippen molar-refractivity contribution in [2.75, 3.05) is 0 Å². The highest BCUT2D eigenvalue weighted by atomic mass is 127. The van der Waals surface area contributed by atoms with Gasteiger partial charge in [0.2, 0.25) is 0 Å². The zero-order chi connectivity index (χ0) is 13.9. The van der Waals surface area contributed by atoms with E-state index in [2.05, 4.69) is 40.0 Å². The monoisotopic (exact) mass is 377 g/mol. The second kappa shape index (κ2) is 5.95. The summed E-state index contributed by atoms with van der Waals surface area (Å²) >= 11 is 2.23. The fraction of sp³-hybridized carbons (Fsp3) is 0.235. The largest absolute Gasteiger partial charge is 0.345 e. The van der Waals surface area contributed by atoms with Gasteiger partial charge in [0.25, 0.3) is 5.91 Å². The van der Waals surface area contributed by atoms with Gasteiger partial charge in [-0.1, -0.05) is 36.4 Å². The van der Waals surface area contributed by atoms with Crippen molar-refractivity contribution in [3.8, 4) is 0 Å². The predicted molar refractivity (Wildman–Crippen MR) is 88.5 cm³/mol. The standard InChI is InChI=1S/C17H16INO/c18-15-8-4-7-14(11-15)17(20)19-16(13-9-10-13)12-5-2-1-3-6-12/h1-8,11,13,16H,9-10H2,(H,19,20)/t16-/m1/s1. The molecule has 1 aliphatic carbocycles. The third kappa shape index (κ3) is 3.20. The van der Waals surface area contributed by atoms with Gasteiger partial charge in [0.05, 0.1) is 6.04 Å². The molecule has 2 nitrogen and oxygen atoms in total. The topological polar surface area (TPSA) is 29.1 Å². The minimum atomic E-state index is 0.0178. The molecule has 3 heteroatoms. The van der Waals surface area contributed by atoms with Crippen molar-refractivity contribution in [3.05, 3.63) is 69.3 Å². The van der Waals surface area contributed by atoms with Crippen molar-refractivity contribution in [1.82, 2.24) is 5.32 Å². The van der Waals surface area contributed by atoms with Gasteiger partial charge in [0, 0.05) is 9.13 Å². The Kier molecular flexibility index (Phi) is 4.05. The first kappa shape index (κ1) is 13.6. The fourth-order valence-electron chi connectivity index (χ4n) is 2.42. The molecule has 0 saturated heterocycles. The number of hydrogen-bond donors (Lipinski definition) is 1. The van der Waals surface area contributed by atoms with Crippen molar-refractivity contribution < 1.29 is 4.79 Å². The first-order valence-corrected chi connectivity index (χ1v) is 7.93. The number of carbonyl (C=O) groups excluding carboxylic acids is 1. The van der Waals surface area contributed by atoms with Crippen LogP contribution in [0.1, 0.15) is 34.8 Å². The fourth-order valence-corrected chi connectivity index (χ4v) is 2.96. The Morgan fingerprint density at radius 2 is 1.85 bits per heavy atom. The summed E-state index contributed by atoms with van der Waals surface area (Å²) in [5.41, 5.74) is 1.94. The smallest absolute Gasteiger partial charge is 0.251 e. The first-order valence-electron chi connectivity index (χ1n) is 6.85. The van der Waals surface area contributed by atoms with E-state index in [1.165, 1.54) is 18.4 Å². The quantitative estimate of drug-likeness (QED) is 0.797.